The summed E-state index contributed by atoms with van der Waals surface area (Å²) >= 11 is 0. The Morgan fingerprint density at radius 2 is 2.06 bits per heavy atom. The number of hydrogen-bond donors (Lipinski definition) is 2. The van der Waals surface area contributed by atoms with E-state index in [0.29, 0.717) is 8.73 Å². The second-order valence-electron chi connectivity index (χ2n) is 5.04. The third-order valence-corrected chi connectivity index (χ3v) is 4.33. The van der Waals surface area contributed by atoms with Crippen LogP contribution in [0.25, 0.3) is 0 Å². The molecule has 2 rings (SSSR count). The third kappa shape index (κ3) is 2.88. The van der Waals surface area contributed by atoms with E-state index in [-0.39, 0.29) is 37.9 Å². The normalized spacial score (nSPS) is 40.3. The van der Waals surface area contributed by atoms with Crippen LogP contribution < -0.4 is 5.00 Å². The molecule has 0 radical (unpaired) electrons. The molecule has 0 amide bonds. The van der Waals surface area contributed by atoms with Crippen LogP contribution in [0, 0.1) is 0 Å². The molecule has 0 aromatic heterocycles. The molecule has 6 nitrogen and oxygen atoms in total. The number of rotatable bonds is 5. The van der Waals surface area contributed by atoms with Crippen LogP contribution in [-0.4, -0.2) is 55.8 Å². The molecule has 0 aromatic rings. The summed E-state index contributed by atoms with van der Waals surface area (Å²) in [6.07, 6.45) is -0.772. The van der Waals surface area contributed by atoms with Gasteiger partial charge in [-0.05, 0) is 13.8 Å². The van der Waals surface area contributed by atoms with Gasteiger partial charge in [0, 0.05) is 12.8 Å². The lowest BCUT2D eigenvalue weighted by atomic mass is 10.1. The van der Waals surface area contributed by atoms with Crippen molar-refractivity contribution in [2.75, 3.05) is 7.11 Å². The number of ether oxygens (including phenoxy) is 4. The molecule has 0 aliphatic carbocycles. The van der Waals surface area contributed by atoms with E-state index in [1.165, 1.54) is 0 Å². The van der Waals surface area contributed by atoms with Crippen molar-refractivity contribution < 1.29 is 24.0 Å². The van der Waals surface area contributed by atoms with Crippen molar-refractivity contribution in [3.63, 3.8) is 0 Å². The van der Waals surface area contributed by atoms with Gasteiger partial charge in [-0.2, -0.15) is 0 Å². The van der Waals surface area contributed by atoms with Gasteiger partial charge in [0.2, 0.25) is 0 Å². The van der Waals surface area contributed by atoms with Crippen molar-refractivity contribution in [1.29, 1.82) is 0 Å². The first-order valence-corrected chi connectivity index (χ1v) is 7.19. The fourth-order valence-corrected chi connectivity index (χ4v) is 3.32. The lowest BCUT2D eigenvalue weighted by Crippen LogP contribution is -2.36. The Morgan fingerprint density at radius 1 is 1.39 bits per heavy atom. The summed E-state index contributed by atoms with van der Waals surface area (Å²) < 4.78 is 22.9. The Hall–Kier alpha value is 0.255. The molecule has 2 heterocycles. The van der Waals surface area contributed by atoms with Crippen LogP contribution in [0.2, 0.25) is 0 Å². The first kappa shape index (κ1) is 14.7. The Bertz CT molecular complexity index is 295. The van der Waals surface area contributed by atoms with Gasteiger partial charge in [-0.15, -0.1) is 0 Å². The summed E-state index contributed by atoms with van der Waals surface area (Å²) in [5.41, 5.74) is 0.224. The molecular formula is C10H21BNO5P. The number of nitrogens with one attached hydrogen (secondary N) is 1. The van der Waals surface area contributed by atoms with Crippen LogP contribution in [-0.2, 0) is 18.9 Å². The van der Waals surface area contributed by atoms with Crippen LogP contribution >= 0.6 is 8.73 Å². The molecule has 0 spiro atoms. The van der Waals surface area contributed by atoms with Gasteiger partial charge < -0.3 is 29.0 Å². The number of fused-ring (bicyclic) bond motifs is 1. The van der Waals surface area contributed by atoms with E-state index in [9.17, 15) is 0 Å². The van der Waals surface area contributed by atoms with E-state index in [4.69, 9.17) is 24.0 Å². The Morgan fingerprint density at radius 3 is 2.67 bits per heavy atom. The zero-order valence-electron chi connectivity index (χ0n) is 11.2. The highest BCUT2D eigenvalue weighted by Crippen LogP contribution is 2.42. The van der Waals surface area contributed by atoms with Gasteiger partial charge in [-0.25, -0.2) is 0 Å². The summed E-state index contributed by atoms with van der Waals surface area (Å²) in [6, 6.07) is 0. The van der Waals surface area contributed by atoms with Crippen molar-refractivity contribution in [2.45, 2.75) is 56.8 Å². The van der Waals surface area contributed by atoms with Crippen LogP contribution in [0.5, 0.6) is 0 Å². The molecule has 0 saturated carbocycles. The smallest absolute Gasteiger partial charge is 0.361 e. The van der Waals surface area contributed by atoms with Crippen molar-refractivity contribution >= 4 is 16.3 Å². The summed E-state index contributed by atoms with van der Waals surface area (Å²) in [5.74, 6) is -0.596. The van der Waals surface area contributed by atoms with Gasteiger partial charge in [0.15, 0.2) is 12.1 Å². The first-order valence-electron chi connectivity index (χ1n) is 6.11. The average molecular weight is 277 g/mol. The molecule has 0 bridgehead atoms. The number of hydrogen-bond acceptors (Lipinski definition) is 6. The summed E-state index contributed by atoms with van der Waals surface area (Å²) in [7, 11) is 1.98. The maximum Gasteiger partial charge on any atom is 0.361 e. The van der Waals surface area contributed by atoms with Crippen LogP contribution in [0.15, 0.2) is 0 Å². The molecule has 2 fully saturated rings. The molecule has 18 heavy (non-hydrogen) atoms. The predicted molar refractivity (Wildman–Crippen MR) is 69.8 cm³/mol. The highest BCUT2D eigenvalue weighted by atomic mass is 31.1. The molecule has 0 aromatic carbocycles. The minimum atomic E-state index is -0.596. The average Bonchev–Trinajstić information content (AvgIpc) is 2.78. The fourth-order valence-electron chi connectivity index (χ4n) is 2.47. The molecule has 8 heteroatoms. The Labute approximate surface area is 110 Å². The monoisotopic (exact) mass is 277 g/mol. The molecule has 2 aliphatic rings. The molecule has 2 aliphatic heterocycles. The maximum atomic E-state index is 8.80. The quantitative estimate of drug-likeness (QED) is 0.531. The summed E-state index contributed by atoms with van der Waals surface area (Å²) in [4.78, 5) is 2.92. The van der Waals surface area contributed by atoms with Crippen molar-refractivity contribution in [3.8, 4) is 0 Å². The lowest BCUT2D eigenvalue weighted by molar-refractivity contribution is -0.226. The second-order valence-corrected chi connectivity index (χ2v) is 6.59. The predicted octanol–water partition coefficient (Wildman–Crippen LogP) is -0.292. The lowest BCUT2D eigenvalue weighted by Gasteiger charge is -2.26. The van der Waals surface area contributed by atoms with Gasteiger partial charge in [-0.1, -0.05) is 15.7 Å². The fraction of sp³-hybridized carbons (Fsp3) is 1.00. The second kappa shape index (κ2) is 5.71. The topological polar surface area (TPSA) is 69.2 Å². The summed E-state index contributed by atoms with van der Waals surface area (Å²) in [6.45, 7) is 5.86. The third-order valence-electron chi connectivity index (χ3n) is 3.18. The van der Waals surface area contributed by atoms with Gasteiger partial charge in [-0.3, -0.25) is 0 Å². The van der Waals surface area contributed by atoms with Crippen molar-refractivity contribution in [3.05, 3.63) is 0 Å². The minimum Gasteiger partial charge on any atom is -0.440 e. The van der Waals surface area contributed by atoms with E-state index in [1.807, 2.05) is 13.8 Å². The standard InChI is InChI=1S/C10H21BNO5P/c1-5(18-12-11-13)6-7-8(9(14-4)15-6)17-10(2,3)16-7/h5-9,11-13,18H,1-4H3/t5-,6+,7+,8+,9?/m0/s1. The SMILES string of the molecule is COC1O[C@H]([C@H](C)PNBO)[C@H]2OC(C)(C)O[C@@H]12. The van der Waals surface area contributed by atoms with Crippen LogP contribution in [0.3, 0.4) is 0 Å². The van der Waals surface area contributed by atoms with E-state index >= 15 is 0 Å². The first-order chi connectivity index (χ1) is 8.48. The Kier molecular flexibility index (Phi) is 4.65. The van der Waals surface area contributed by atoms with Gasteiger partial charge >= 0.3 is 7.62 Å². The zero-order chi connectivity index (χ0) is 13.3. The molecule has 2 saturated heterocycles. The molecule has 2 unspecified atom stereocenters. The van der Waals surface area contributed by atoms with Gasteiger partial charge in [0.1, 0.15) is 12.2 Å². The molecule has 6 atom stereocenters. The van der Waals surface area contributed by atoms with Crippen LogP contribution in [0.1, 0.15) is 20.8 Å². The summed E-state index contributed by atoms with van der Waals surface area (Å²) in [5, 5.41) is 8.80. The van der Waals surface area contributed by atoms with Gasteiger partial charge in [0.25, 0.3) is 0 Å². The minimum absolute atomic E-state index is 0.0276. The molecule has 104 valence electrons. The zero-order valence-corrected chi connectivity index (χ0v) is 12.2. The van der Waals surface area contributed by atoms with E-state index < -0.39 is 5.79 Å². The van der Waals surface area contributed by atoms with Crippen molar-refractivity contribution in [1.82, 2.24) is 5.00 Å². The largest absolute Gasteiger partial charge is 0.440 e. The molecule has 2 N–H and O–H groups in total. The number of methoxy groups -OCH3 is 1. The maximum absolute atomic E-state index is 8.80. The van der Waals surface area contributed by atoms with Crippen molar-refractivity contribution in [2.24, 2.45) is 0 Å². The highest BCUT2D eigenvalue weighted by molar-refractivity contribution is 7.38. The highest BCUT2D eigenvalue weighted by Gasteiger charge is 2.56. The van der Waals surface area contributed by atoms with Gasteiger partial charge in [0.05, 0.1) is 6.10 Å². The molecular weight excluding hydrogens is 256 g/mol. The Balaban J connectivity index is 2.04. The van der Waals surface area contributed by atoms with E-state index in [0.717, 1.165) is 0 Å². The van der Waals surface area contributed by atoms with Crippen LogP contribution in [0.4, 0.5) is 0 Å². The van der Waals surface area contributed by atoms with E-state index in [2.05, 4.69) is 11.9 Å². The van der Waals surface area contributed by atoms with E-state index in [1.54, 1.807) is 7.11 Å².